The van der Waals surface area contributed by atoms with Crippen molar-refractivity contribution in [2.24, 2.45) is 11.8 Å². The average molecular weight is 416 g/mol. The van der Waals surface area contributed by atoms with Gasteiger partial charge in [0.25, 0.3) is 5.56 Å². The molecule has 0 unspecified atom stereocenters. The van der Waals surface area contributed by atoms with Gasteiger partial charge in [0.15, 0.2) is 5.82 Å². The maximum Gasteiger partial charge on any atom is 0.260 e. The number of carbonyl (C=O) groups is 1. The number of fused-ring (bicyclic) bond motifs is 1. The summed E-state index contributed by atoms with van der Waals surface area (Å²) in [6.45, 7) is 6.24. The van der Waals surface area contributed by atoms with Gasteiger partial charge in [0.1, 0.15) is 11.4 Å². The molecule has 1 amide bonds. The third kappa shape index (κ3) is 3.29. The minimum atomic E-state index is -0.0550. The molecule has 2 fully saturated rings. The normalized spacial score (nSPS) is 22.7. The zero-order valence-electron chi connectivity index (χ0n) is 15.7. The summed E-state index contributed by atoms with van der Waals surface area (Å²) < 4.78 is 0. The quantitative estimate of drug-likeness (QED) is 0.680. The Bertz CT molecular complexity index is 1060. The number of piperazine rings is 1. The smallest absolute Gasteiger partial charge is 0.260 e. The van der Waals surface area contributed by atoms with E-state index in [2.05, 4.69) is 11.9 Å². The van der Waals surface area contributed by atoms with Crippen molar-refractivity contribution in [2.75, 3.05) is 26.2 Å². The molecule has 0 spiro atoms. The highest BCUT2D eigenvalue weighted by Gasteiger charge is 2.42. The number of amides is 1. The summed E-state index contributed by atoms with van der Waals surface area (Å²) >= 11 is 3.17. The van der Waals surface area contributed by atoms with Gasteiger partial charge in [-0.05, 0) is 23.8 Å². The van der Waals surface area contributed by atoms with Crippen molar-refractivity contribution in [1.82, 2.24) is 14.9 Å². The lowest BCUT2D eigenvalue weighted by Gasteiger charge is -2.32. The van der Waals surface area contributed by atoms with Gasteiger partial charge in [-0.15, -0.1) is 22.7 Å². The first-order chi connectivity index (χ1) is 13.6. The molecular weight excluding hydrogens is 392 g/mol. The van der Waals surface area contributed by atoms with Gasteiger partial charge < -0.3 is 14.8 Å². The second-order valence-electron chi connectivity index (χ2n) is 7.89. The van der Waals surface area contributed by atoms with Crippen LogP contribution in [-0.2, 0) is 11.3 Å². The van der Waals surface area contributed by atoms with Crippen LogP contribution in [0, 0.1) is 11.8 Å². The van der Waals surface area contributed by atoms with Gasteiger partial charge >= 0.3 is 0 Å². The predicted molar refractivity (Wildman–Crippen MR) is 112 cm³/mol. The number of carbonyl (C=O) groups excluding carboxylic acids is 1. The Morgan fingerprint density at radius 2 is 2.14 bits per heavy atom. The van der Waals surface area contributed by atoms with E-state index >= 15 is 0 Å². The topological polar surface area (TPSA) is 70.5 Å². The second kappa shape index (κ2) is 7.09. The number of hydrogen-bond acceptors (Lipinski definition) is 5. The molecule has 3 aromatic rings. The standard InChI is InChI=1S/C20H22N4O2S2/c1-12-9-13(12)20(26)24-6-4-23(5-7-24)10-16-21-18(25)17-14(11-28-19(17)22-16)15-3-2-8-27-15/h2-3,8,11-13H,4-7,9-10H2,1H3,(H,21,22,25)/p+1/t12-,13+/m1/s1. The van der Waals surface area contributed by atoms with Crippen LogP contribution in [0.4, 0.5) is 0 Å². The average Bonchev–Trinajstić information content (AvgIpc) is 3.09. The Kier molecular flexibility index (Phi) is 4.57. The fourth-order valence-electron chi connectivity index (χ4n) is 4.05. The Morgan fingerprint density at radius 3 is 2.82 bits per heavy atom. The lowest BCUT2D eigenvalue weighted by atomic mass is 10.2. The molecule has 28 heavy (non-hydrogen) atoms. The summed E-state index contributed by atoms with van der Waals surface area (Å²) in [7, 11) is 0. The number of nitrogens with zero attached hydrogens (tertiary/aromatic N) is 2. The zero-order valence-corrected chi connectivity index (χ0v) is 17.4. The largest absolute Gasteiger partial charge is 0.331 e. The molecule has 2 atom stereocenters. The number of hydrogen-bond donors (Lipinski definition) is 2. The molecule has 1 saturated heterocycles. The fourth-order valence-corrected chi connectivity index (χ4v) is 5.83. The van der Waals surface area contributed by atoms with Gasteiger partial charge in [-0.25, -0.2) is 4.98 Å². The Hall–Kier alpha value is -2.03. The minimum absolute atomic E-state index is 0.0550. The zero-order chi connectivity index (χ0) is 19.3. The van der Waals surface area contributed by atoms with Crippen LogP contribution in [-0.4, -0.2) is 47.0 Å². The van der Waals surface area contributed by atoms with E-state index in [-0.39, 0.29) is 11.5 Å². The van der Waals surface area contributed by atoms with Crippen LogP contribution in [0.5, 0.6) is 0 Å². The number of aromatic nitrogens is 2. The van der Waals surface area contributed by atoms with Crippen molar-refractivity contribution in [2.45, 2.75) is 19.9 Å². The van der Waals surface area contributed by atoms with Crippen molar-refractivity contribution in [3.63, 3.8) is 0 Å². The molecular formula is C20H23N4O2S2+. The van der Waals surface area contributed by atoms with Gasteiger partial charge in [-0.2, -0.15) is 0 Å². The van der Waals surface area contributed by atoms with Crippen LogP contribution in [0.2, 0.25) is 0 Å². The Morgan fingerprint density at radius 1 is 1.36 bits per heavy atom. The first-order valence-corrected chi connectivity index (χ1v) is 11.5. The monoisotopic (exact) mass is 415 g/mol. The second-order valence-corrected chi connectivity index (χ2v) is 9.70. The SMILES string of the molecule is C[C@@H]1C[C@@H]1C(=O)N1CC[NH+](Cc2nc3scc(-c4cccs4)c3c(=O)[nH]2)CC1. The van der Waals surface area contributed by atoms with E-state index in [0.717, 1.165) is 53.7 Å². The highest BCUT2D eigenvalue weighted by molar-refractivity contribution is 7.18. The molecule has 2 N–H and O–H groups in total. The molecule has 2 aliphatic rings. The first-order valence-electron chi connectivity index (χ1n) is 9.77. The molecule has 5 rings (SSSR count). The summed E-state index contributed by atoms with van der Waals surface area (Å²) in [6, 6.07) is 4.03. The Balaban J connectivity index is 1.29. The lowest BCUT2D eigenvalue weighted by Crippen LogP contribution is -3.13. The number of quaternary nitrogens is 1. The van der Waals surface area contributed by atoms with Gasteiger partial charge in [0.2, 0.25) is 5.91 Å². The number of thiophene rings is 2. The molecule has 0 radical (unpaired) electrons. The van der Waals surface area contributed by atoms with Crippen molar-refractivity contribution in [1.29, 1.82) is 0 Å². The van der Waals surface area contributed by atoms with E-state index in [1.165, 1.54) is 16.2 Å². The van der Waals surface area contributed by atoms with Crippen molar-refractivity contribution >= 4 is 38.8 Å². The van der Waals surface area contributed by atoms with Crippen molar-refractivity contribution in [3.8, 4) is 10.4 Å². The predicted octanol–water partition coefficient (Wildman–Crippen LogP) is 1.60. The highest BCUT2D eigenvalue weighted by Crippen LogP contribution is 2.39. The number of aromatic amines is 1. The summed E-state index contributed by atoms with van der Waals surface area (Å²) in [4.78, 5) is 38.1. The van der Waals surface area contributed by atoms with E-state index in [4.69, 9.17) is 4.98 Å². The van der Waals surface area contributed by atoms with Gasteiger partial charge in [-0.3, -0.25) is 9.59 Å². The molecule has 0 aromatic carbocycles. The van der Waals surface area contributed by atoms with Crippen LogP contribution >= 0.6 is 22.7 Å². The van der Waals surface area contributed by atoms with Crippen molar-refractivity contribution in [3.05, 3.63) is 39.1 Å². The summed E-state index contributed by atoms with van der Waals surface area (Å²) in [5, 5.41) is 4.74. The fraction of sp³-hybridized carbons (Fsp3) is 0.450. The molecule has 4 heterocycles. The minimum Gasteiger partial charge on any atom is -0.331 e. The summed E-state index contributed by atoms with van der Waals surface area (Å²) in [6.07, 6.45) is 1.05. The van der Waals surface area contributed by atoms with Crippen LogP contribution in [0.25, 0.3) is 20.7 Å². The molecule has 1 aliphatic carbocycles. The van der Waals surface area contributed by atoms with E-state index < -0.39 is 0 Å². The summed E-state index contributed by atoms with van der Waals surface area (Å²) in [5.41, 5.74) is 0.921. The van der Waals surface area contributed by atoms with E-state index in [0.29, 0.717) is 23.8 Å². The molecule has 3 aromatic heterocycles. The maximum absolute atomic E-state index is 12.7. The third-order valence-electron chi connectivity index (χ3n) is 5.91. The first kappa shape index (κ1) is 18.0. The molecule has 146 valence electrons. The molecule has 1 aliphatic heterocycles. The van der Waals surface area contributed by atoms with Gasteiger partial charge in [0, 0.05) is 21.7 Å². The number of rotatable bonds is 4. The number of H-pyrrole nitrogens is 1. The van der Waals surface area contributed by atoms with E-state index in [1.807, 2.05) is 27.8 Å². The van der Waals surface area contributed by atoms with Crippen molar-refractivity contribution < 1.29 is 9.69 Å². The number of nitrogens with one attached hydrogen (secondary N) is 2. The van der Waals surface area contributed by atoms with Gasteiger partial charge in [-0.1, -0.05) is 13.0 Å². The molecule has 0 bridgehead atoms. The van der Waals surface area contributed by atoms with E-state index in [1.54, 1.807) is 11.3 Å². The van der Waals surface area contributed by atoms with Crippen LogP contribution in [0.3, 0.4) is 0 Å². The molecule has 6 nitrogen and oxygen atoms in total. The molecule has 8 heteroatoms. The van der Waals surface area contributed by atoms with Crippen LogP contribution in [0.15, 0.2) is 27.7 Å². The van der Waals surface area contributed by atoms with Crippen LogP contribution < -0.4 is 10.5 Å². The third-order valence-corrected chi connectivity index (χ3v) is 7.68. The lowest BCUT2D eigenvalue weighted by molar-refractivity contribution is -0.918. The Labute approximate surface area is 170 Å². The maximum atomic E-state index is 12.7. The highest BCUT2D eigenvalue weighted by atomic mass is 32.1. The summed E-state index contributed by atoms with van der Waals surface area (Å²) in [5.74, 6) is 1.89. The van der Waals surface area contributed by atoms with E-state index in [9.17, 15) is 9.59 Å². The van der Waals surface area contributed by atoms with Gasteiger partial charge in [0.05, 0.1) is 31.6 Å². The van der Waals surface area contributed by atoms with Crippen LogP contribution in [0.1, 0.15) is 19.2 Å². The molecule has 1 saturated carbocycles.